The van der Waals surface area contributed by atoms with E-state index in [2.05, 4.69) is 36.4 Å². The fourth-order valence-electron chi connectivity index (χ4n) is 4.55. The molecule has 0 aromatic heterocycles. The second-order valence-corrected chi connectivity index (χ2v) is 9.43. The van der Waals surface area contributed by atoms with Gasteiger partial charge in [-0.05, 0) is 33.9 Å². The van der Waals surface area contributed by atoms with E-state index in [0.717, 1.165) is 27.8 Å². The number of rotatable bonds is 2. The Morgan fingerprint density at radius 1 is 0.724 bits per heavy atom. The molecule has 29 heavy (non-hydrogen) atoms. The minimum absolute atomic E-state index is 0.0910. The van der Waals surface area contributed by atoms with Crippen LogP contribution in [0.5, 0.6) is 0 Å². The number of hydrogen-bond donors (Lipinski definition) is 0. The highest BCUT2D eigenvalue weighted by molar-refractivity contribution is 7.89. The molecule has 0 saturated heterocycles. The van der Waals surface area contributed by atoms with Gasteiger partial charge in [0.2, 0.25) is 10.0 Å². The summed E-state index contributed by atoms with van der Waals surface area (Å²) < 4.78 is 28.3. The summed E-state index contributed by atoms with van der Waals surface area (Å²) >= 11 is 0. The molecule has 2 aliphatic rings. The summed E-state index contributed by atoms with van der Waals surface area (Å²) in [6.45, 7) is 0. The van der Waals surface area contributed by atoms with Crippen molar-refractivity contribution >= 4 is 21.2 Å². The molecule has 3 aromatic rings. The van der Waals surface area contributed by atoms with Crippen molar-refractivity contribution < 1.29 is 8.42 Å². The Morgan fingerprint density at radius 3 is 2.03 bits per heavy atom. The third-order valence-electron chi connectivity index (χ3n) is 5.92. The molecule has 1 aliphatic carbocycles. The topological polar surface area (TPSA) is 37.4 Å². The van der Waals surface area contributed by atoms with E-state index >= 15 is 0 Å². The maximum absolute atomic E-state index is 13.4. The zero-order chi connectivity index (χ0) is 20.0. The van der Waals surface area contributed by atoms with E-state index in [-0.39, 0.29) is 12.0 Å². The first-order valence-electron chi connectivity index (χ1n) is 9.68. The standard InChI is InChI=1S/C25H21NO2S/c1-26-25-22(21-14-8-9-15-23(21)29(26,27)28)17-16-20(18-10-4-2-5-11-18)24(25)19-12-6-3-7-13-19/h2-17,24-25H,1H3/t24-,25-/m1/s1. The van der Waals surface area contributed by atoms with E-state index in [9.17, 15) is 8.42 Å². The summed E-state index contributed by atoms with van der Waals surface area (Å²) in [5, 5.41) is 0. The molecule has 0 bridgehead atoms. The van der Waals surface area contributed by atoms with Crippen LogP contribution in [-0.4, -0.2) is 25.8 Å². The van der Waals surface area contributed by atoms with Crippen LogP contribution in [0.2, 0.25) is 0 Å². The fraction of sp³-hybridized carbons (Fsp3) is 0.120. The van der Waals surface area contributed by atoms with Gasteiger partial charge in [-0.1, -0.05) is 91.0 Å². The van der Waals surface area contributed by atoms with Gasteiger partial charge >= 0.3 is 0 Å². The molecule has 1 heterocycles. The first-order valence-corrected chi connectivity index (χ1v) is 11.1. The van der Waals surface area contributed by atoms with Crippen molar-refractivity contribution in [1.82, 2.24) is 4.31 Å². The molecule has 0 saturated carbocycles. The molecule has 144 valence electrons. The molecular formula is C25H21NO2S. The highest BCUT2D eigenvalue weighted by Gasteiger charge is 2.45. The van der Waals surface area contributed by atoms with Gasteiger partial charge < -0.3 is 0 Å². The van der Waals surface area contributed by atoms with E-state index < -0.39 is 10.0 Å². The highest BCUT2D eigenvalue weighted by Crippen LogP contribution is 2.49. The van der Waals surface area contributed by atoms with Gasteiger partial charge in [0, 0.05) is 13.0 Å². The van der Waals surface area contributed by atoms with Crippen LogP contribution in [0.25, 0.3) is 11.1 Å². The highest BCUT2D eigenvalue weighted by atomic mass is 32.2. The van der Waals surface area contributed by atoms with Crippen molar-refractivity contribution in [2.45, 2.75) is 16.9 Å². The van der Waals surface area contributed by atoms with E-state index in [4.69, 9.17) is 0 Å². The molecule has 0 fully saturated rings. The van der Waals surface area contributed by atoms with Crippen LogP contribution in [0.4, 0.5) is 0 Å². The summed E-state index contributed by atoms with van der Waals surface area (Å²) in [4.78, 5) is 0.383. The number of nitrogens with zero attached hydrogens (tertiary/aromatic N) is 1. The molecule has 2 atom stereocenters. The van der Waals surface area contributed by atoms with Gasteiger partial charge in [-0.3, -0.25) is 0 Å². The first kappa shape index (κ1) is 18.1. The zero-order valence-electron chi connectivity index (χ0n) is 16.1. The Labute approximate surface area is 171 Å². The van der Waals surface area contributed by atoms with E-state index in [1.54, 1.807) is 23.5 Å². The Morgan fingerprint density at radius 2 is 1.31 bits per heavy atom. The number of benzene rings is 3. The van der Waals surface area contributed by atoms with Gasteiger partial charge in [0.25, 0.3) is 0 Å². The van der Waals surface area contributed by atoms with Crippen LogP contribution in [-0.2, 0) is 10.0 Å². The van der Waals surface area contributed by atoms with Crippen molar-refractivity contribution in [1.29, 1.82) is 0 Å². The predicted octanol–water partition coefficient (Wildman–Crippen LogP) is 4.95. The summed E-state index contributed by atoms with van der Waals surface area (Å²) in [6.07, 6.45) is 4.25. The number of fused-ring (bicyclic) bond motifs is 3. The Kier molecular flexibility index (Phi) is 4.26. The van der Waals surface area contributed by atoms with Gasteiger partial charge in [-0.25, -0.2) is 8.42 Å². The third-order valence-corrected chi connectivity index (χ3v) is 7.82. The first-order chi connectivity index (χ1) is 14.1. The molecular weight excluding hydrogens is 378 g/mol. The molecule has 0 spiro atoms. The van der Waals surface area contributed by atoms with Gasteiger partial charge in [-0.15, -0.1) is 0 Å². The average Bonchev–Trinajstić information content (AvgIpc) is 2.78. The lowest BCUT2D eigenvalue weighted by molar-refractivity contribution is 0.398. The zero-order valence-corrected chi connectivity index (χ0v) is 16.9. The van der Waals surface area contributed by atoms with Crippen LogP contribution >= 0.6 is 0 Å². The normalized spacial score (nSPS) is 22.8. The van der Waals surface area contributed by atoms with Gasteiger partial charge in [0.15, 0.2) is 0 Å². The number of sulfonamides is 1. The molecule has 3 aromatic carbocycles. The minimum atomic E-state index is -3.57. The smallest absolute Gasteiger partial charge is 0.207 e. The van der Waals surface area contributed by atoms with Crippen LogP contribution in [0.15, 0.2) is 102 Å². The molecule has 0 unspecified atom stereocenters. The van der Waals surface area contributed by atoms with Crippen LogP contribution in [0.1, 0.15) is 22.6 Å². The SMILES string of the molecule is CN1[C@@H]2C(=CC=C(c3ccccc3)[C@H]2c2ccccc2)c2ccccc2S1(=O)=O. The third kappa shape index (κ3) is 2.79. The molecule has 4 heteroatoms. The summed E-state index contributed by atoms with van der Waals surface area (Å²) in [5.74, 6) is -0.0910. The van der Waals surface area contributed by atoms with E-state index in [1.165, 1.54) is 0 Å². The second-order valence-electron chi connectivity index (χ2n) is 7.46. The predicted molar refractivity (Wildman–Crippen MR) is 117 cm³/mol. The second kappa shape index (κ2) is 6.83. The van der Waals surface area contributed by atoms with Crippen molar-refractivity contribution in [2.75, 3.05) is 7.05 Å². The lowest BCUT2D eigenvalue weighted by atomic mass is 9.74. The fourth-order valence-corrected chi connectivity index (χ4v) is 6.11. The number of likely N-dealkylation sites (N-methyl/N-ethyl adjacent to an activating group) is 1. The van der Waals surface area contributed by atoms with Gasteiger partial charge in [-0.2, -0.15) is 4.31 Å². The lowest BCUT2D eigenvalue weighted by Crippen LogP contribution is -2.46. The van der Waals surface area contributed by atoms with Crippen molar-refractivity contribution in [3.63, 3.8) is 0 Å². The lowest BCUT2D eigenvalue weighted by Gasteiger charge is -2.43. The quantitative estimate of drug-likeness (QED) is 0.611. The maximum atomic E-state index is 13.4. The Hall–Kier alpha value is -2.95. The molecule has 1 aliphatic heterocycles. The number of hydrogen-bond acceptors (Lipinski definition) is 2. The average molecular weight is 400 g/mol. The monoisotopic (exact) mass is 399 g/mol. The maximum Gasteiger partial charge on any atom is 0.244 e. The van der Waals surface area contributed by atoms with E-state index in [1.807, 2.05) is 48.5 Å². The molecule has 5 rings (SSSR count). The van der Waals surface area contributed by atoms with Gasteiger partial charge in [0.05, 0.1) is 10.9 Å². The summed E-state index contributed by atoms with van der Waals surface area (Å²) in [5.41, 5.74) is 5.21. The van der Waals surface area contributed by atoms with Crippen LogP contribution in [0, 0.1) is 0 Å². The van der Waals surface area contributed by atoms with E-state index in [0.29, 0.717) is 4.90 Å². The molecule has 0 amide bonds. The summed E-state index contributed by atoms with van der Waals surface area (Å²) in [7, 11) is -1.87. The molecule has 3 nitrogen and oxygen atoms in total. The Balaban J connectivity index is 1.79. The molecule has 0 N–H and O–H groups in total. The van der Waals surface area contributed by atoms with Crippen LogP contribution in [0.3, 0.4) is 0 Å². The largest absolute Gasteiger partial charge is 0.244 e. The molecule has 0 radical (unpaired) electrons. The van der Waals surface area contributed by atoms with Crippen molar-refractivity contribution in [2.24, 2.45) is 0 Å². The van der Waals surface area contributed by atoms with Gasteiger partial charge in [0.1, 0.15) is 0 Å². The van der Waals surface area contributed by atoms with Crippen molar-refractivity contribution in [3.8, 4) is 0 Å². The summed E-state index contributed by atoms with van der Waals surface area (Å²) in [6, 6.07) is 27.4. The van der Waals surface area contributed by atoms with Crippen LogP contribution < -0.4 is 0 Å². The Bertz CT molecular complexity index is 1230. The van der Waals surface area contributed by atoms with Crippen molar-refractivity contribution in [3.05, 3.63) is 114 Å². The number of allylic oxidation sites excluding steroid dienone is 2. The minimum Gasteiger partial charge on any atom is -0.207 e.